The second-order valence-electron chi connectivity index (χ2n) is 8.74. The van der Waals surface area contributed by atoms with Crippen molar-refractivity contribution in [3.63, 3.8) is 0 Å². The second-order valence-corrected chi connectivity index (χ2v) is 10.6. The predicted octanol–water partition coefficient (Wildman–Crippen LogP) is 3.75. The van der Waals surface area contributed by atoms with Gasteiger partial charge in [-0.25, -0.2) is 13.9 Å². The van der Waals surface area contributed by atoms with Crippen molar-refractivity contribution in [1.82, 2.24) is 9.79 Å². The maximum atomic E-state index is 13.8. The number of alkyl halides is 3. The largest absolute Gasteiger partial charge is 0.497 e. The van der Waals surface area contributed by atoms with Gasteiger partial charge in [0, 0.05) is 17.8 Å². The third-order valence-corrected chi connectivity index (χ3v) is 8.37. The van der Waals surface area contributed by atoms with E-state index >= 15 is 0 Å². The first-order valence-corrected chi connectivity index (χ1v) is 13.0. The van der Waals surface area contributed by atoms with E-state index in [0.29, 0.717) is 11.3 Å². The summed E-state index contributed by atoms with van der Waals surface area (Å²) >= 11 is 0. The molecule has 2 N–H and O–H groups in total. The summed E-state index contributed by atoms with van der Waals surface area (Å²) in [6.07, 6.45) is -4.71. The SMILES string of the molecule is COc1ccc(S(=O)(=O)N2Cc3ccccc3N(C(=O)c3cccc(C(F)(F)F)c3C)CC2C(=O)NO)cc1. The second kappa shape index (κ2) is 10.7. The fourth-order valence-corrected chi connectivity index (χ4v) is 6.04. The first kappa shape index (κ1) is 28.1. The molecule has 13 heteroatoms. The summed E-state index contributed by atoms with van der Waals surface area (Å²) in [6, 6.07) is 13.2. The molecular formula is C26H24F3N3O6S. The number of sulfonamides is 1. The maximum absolute atomic E-state index is 13.8. The zero-order chi connectivity index (χ0) is 28.5. The summed E-state index contributed by atoms with van der Waals surface area (Å²) in [4.78, 5) is 27.5. The molecule has 0 saturated carbocycles. The van der Waals surface area contributed by atoms with E-state index in [1.54, 1.807) is 18.2 Å². The fourth-order valence-electron chi connectivity index (χ4n) is 4.48. The third kappa shape index (κ3) is 5.33. The maximum Gasteiger partial charge on any atom is 0.416 e. The number of methoxy groups -OCH3 is 1. The topological polar surface area (TPSA) is 116 Å². The predicted molar refractivity (Wildman–Crippen MR) is 134 cm³/mol. The summed E-state index contributed by atoms with van der Waals surface area (Å²) in [5.41, 5.74) is 0.398. The Morgan fingerprint density at radius 1 is 1.03 bits per heavy atom. The van der Waals surface area contributed by atoms with Gasteiger partial charge in [0.2, 0.25) is 10.0 Å². The average molecular weight is 564 g/mol. The Morgan fingerprint density at radius 3 is 2.31 bits per heavy atom. The zero-order valence-electron chi connectivity index (χ0n) is 20.8. The molecule has 0 fully saturated rings. The monoisotopic (exact) mass is 563 g/mol. The van der Waals surface area contributed by atoms with E-state index in [1.807, 2.05) is 0 Å². The third-order valence-electron chi connectivity index (χ3n) is 6.51. The molecule has 1 aliphatic heterocycles. The molecule has 1 heterocycles. The molecular weight excluding hydrogens is 539 g/mol. The molecule has 2 amide bonds. The van der Waals surface area contributed by atoms with Crippen LogP contribution in [0.4, 0.5) is 18.9 Å². The lowest BCUT2D eigenvalue weighted by Crippen LogP contribution is -2.53. The van der Waals surface area contributed by atoms with Crippen molar-refractivity contribution in [3.05, 3.63) is 89.0 Å². The van der Waals surface area contributed by atoms with Crippen molar-refractivity contribution in [1.29, 1.82) is 0 Å². The lowest BCUT2D eigenvalue weighted by molar-refractivity contribution is -0.138. The molecule has 3 aromatic rings. The lowest BCUT2D eigenvalue weighted by atomic mass is 10.00. The molecule has 9 nitrogen and oxygen atoms in total. The van der Waals surface area contributed by atoms with Crippen molar-refractivity contribution in [2.75, 3.05) is 18.6 Å². The van der Waals surface area contributed by atoms with Crippen LogP contribution in [0.5, 0.6) is 5.75 Å². The van der Waals surface area contributed by atoms with Gasteiger partial charge in [-0.05, 0) is 60.5 Å². The molecule has 0 radical (unpaired) electrons. The number of rotatable bonds is 5. The van der Waals surface area contributed by atoms with Crippen LogP contribution in [0.1, 0.15) is 27.0 Å². The molecule has 1 unspecified atom stereocenters. The Hall–Kier alpha value is -3.94. The van der Waals surface area contributed by atoms with Gasteiger partial charge in [-0.3, -0.25) is 14.8 Å². The van der Waals surface area contributed by atoms with Crippen molar-refractivity contribution in [2.24, 2.45) is 0 Å². The minimum Gasteiger partial charge on any atom is -0.497 e. The highest BCUT2D eigenvalue weighted by molar-refractivity contribution is 7.89. The van der Waals surface area contributed by atoms with Gasteiger partial charge in [0.25, 0.3) is 11.8 Å². The number of anilines is 1. The Bertz CT molecular complexity index is 1510. The number of amides is 2. The van der Waals surface area contributed by atoms with Gasteiger partial charge in [0.05, 0.1) is 24.1 Å². The summed E-state index contributed by atoms with van der Waals surface area (Å²) in [7, 11) is -2.97. The molecule has 0 spiro atoms. The summed E-state index contributed by atoms with van der Waals surface area (Å²) in [5, 5.41) is 9.46. The quantitative estimate of drug-likeness (QED) is 0.361. The Labute approximate surface area is 222 Å². The van der Waals surface area contributed by atoms with Crippen LogP contribution in [0.3, 0.4) is 0 Å². The van der Waals surface area contributed by atoms with E-state index in [4.69, 9.17) is 4.74 Å². The molecule has 39 heavy (non-hydrogen) atoms. The van der Waals surface area contributed by atoms with Crippen LogP contribution in [-0.4, -0.2) is 49.4 Å². The molecule has 0 aromatic heterocycles. The van der Waals surface area contributed by atoms with Crippen LogP contribution in [-0.2, 0) is 27.5 Å². The van der Waals surface area contributed by atoms with Crippen LogP contribution in [0.2, 0.25) is 0 Å². The highest BCUT2D eigenvalue weighted by atomic mass is 32.2. The van der Waals surface area contributed by atoms with Gasteiger partial charge >= 0.3 is 6.18 Å². The summed E-state index contributed by atoms with van der Waals surface area (Å²) in [6.45, 7) is 0.208. The molecule has 1 atom stereocenters. The lowest BCUT2D eigenvalue weighted by Gasteiger charge is -2.30. The van der Waals surface area contributed by atoms with Gasteiger partial charge in [0.1, 0.15) is 11.8 Å². The Balaban J connectivity index is 1.85. The number of fused-ring (bicyclic) bond motifs is 1. The summed E-state index contributed by atoms with van der Waals surface area (Å²) in [5.74, 6) is -1.60. The average Bonchev–Trinajstić information content (AvgIpc) is 3.09. The number of hydrogen-bond acceptors (Lipinski definition) is 6. The van der Waals surface area contributed by atoms with Crippen LogP contribution < -0.4 is 15.1 Å². The Morgan fingerprint density at radius 2 is 1.69 bits per heavy atom. The minimum atomic E-state index is -4.71. The van der Waals surface area contributed by atoms with Gasteiger partial charge in [0.15, 0.2) is 0 Å². The van der Waals surface area contributed by atoms with Crippen LogP contribution in [0, 0.1) is 6.92 Å². The number of hydroxylamine groups is 1. The molecule has 1 aliphatic rings. The number of ether oxygens (including phenoxy) is 1. The van der Waals surface area contributed by atoms with E-state index in [0.717, 1.165) is 28.3 Å². The number of hydrogen-bond donors (Lipinski definition) is 2. The standard InChI is InChI=1S/C26H24F3N3O6S/c1-16-20(7-5-8-21(16)26(27,28)29)25(34)31-15-23(24(33)30-35)32(14-17-6-3-4-9-22(17)31)39(36,37)19-12-10-18(38-2)11-13-19/h3-13,23,35H,14-15H2,1-2H3,(H,30,33). The molecule has 3 aromatic carbocycles. The molecule has 0 bridgehead atoms. The molecule has 0 saturated heterocycles. The van der Waals surface area contributed by atoms with Crippen LogP contribution in [0.25, 0.3) is 0 Å². The number of carbonyl (C=O) groups is 2. The number of nitrogens with one attached hydrogen (secondary N) is 1. The first-order valence-electron chi connectivity index (χ1n) is 11.6. The van der Waals surface area contributed by atoms with Crippen LogP contribution in [0.15, 0.2) is 71.6 Å². The smallest absolute Gasteiger partial charge is 0.416 e. The van der Waals surface area contributed by atoms with Crippen molar-refractivity contribution < 1.29 is 41.1 Å². The number of halogens is 3. The van der Waals surface area contributed by atoms with Crippen molar-refractivity contribution in [2.45, 2.75) is 30.6 Å². The van der Waals surface area contributed by atoms with Gasteiger partial charge in [-0.1, -0.05) is 24.3 Å². The zero-order valence-corrected chi connectivity index (χ0v) is 21.6. The van der Waals surface area contributed by atoms with E-state index < -0.39 is 46.2 Å². The normalized spacial score (nSPS) is 16.3. The molecule has 0 aliphatic carbocycles. The number of carbonyl (C=O) groups excluding carboxylic acids is 2. The molecule has 206 valence electrons. The minimum absolute atomic E-state index is 0.176. The van der Waals surface area contributed by atoms with Crippen LogP contribution >= 0.6 is 0 Å². The first-order chi connectivity index (χ1) is 18.4. The number of benzene rings is 3. The van der Waals surface area contributed by atoms with E-state index in [9.17, 15) is 36.4 Å². The fraction of sp³-hybridized carbons (Fsp3) is 0.231. The highest BCUT2D eigenvalue weighted by Crippen LogP contribution is 2.36. The van der Waals surface area contributed by atoms with Gasteiger partial charge in [-0.2, -0.15) is 17.5 Å². The van der Waals surface area contributed by atoms with Crippen molar-refractivity contribution in [3.8, 4) is 5.75 Å². The van der Waals surface area contributed by atoms with Gasteiger partial charge in [-0.15, -0.1) is 0 Å². The van der Waals surface area contributed by atoms with E-state index in [2.05, 4.69) is 0 Å². The summed E-state index contributed by atoms with van der Waals surface area (Å²) < 4.78 is 74.0. The number of para-hydroxylation sites is 1. The van der Waals surface area contributed by atoms with Gasteiger partial charge < -0.3 is 9.64 Å². The highest BCUT2D eigenvalue weighted by Gasteiger charge is 2.42. The van der Waals surface area contributed by atoms with E-state index in [-0.39, 0.29) is 28.3 Å². The van der Waals surface area contributed by atoms with E-state index in [1.165, 1.54) is 49.0 Å². The van der Waals surface area contributed by atoms with Crippen molar-refractivity contribution >= 4 is 27.5 Å². The Kier molecular flexibility index (Phi) is 7.68. The number of nitrogens with zero attached hydrogens (tertiary/aromatic N) is 2. The molecule has 4 rings (SSSR count).